The molecule has 1 N–H and O–H groups in total. The minimum atomic E-state index is -0.324. The number of pyridine rings is 1. The second kappa shape index (κ2) is 4.48. The molecule has 90 valence electrons. The van der Waals surface area contributed by atoms with Crippen molar-refractivity contribution in [3.8, 4) is 5.88 Å². The van der Waals surface area contributed by atoms with Crippen LogP contribution in [0.4, 0.5) is 5.69 Å². The van der Waals surface area contributed by atoms with Gasteiger partial charge in [0.1, 0.15) is 0 Å². The molecule has 1 amide bonds. The average molecular weight is 234 g/mol. The van der Waals surface area contributed by atoms with E-state index in [1.54, 1.807) is 25.4 Å². The highest BCUT2D eigenvalue weighted by atomic mass is 16.5. The van der Waals surface area contributed by atoms with Crippen molar-refractivity contribution in [2.45, 2.75) is 25.4 Å². The fourth-order valence-corrected chi connectivity index (χ4v) is 1.33. The van der Waals surface area contributed by atoms with Gasteiger partial charge in [0.2, 0.25) is 11.8 Å². The highest BCUT2D eigenvalue weighted by Gasteiger charge is 2.33. The van der Waals surface area contributed by atoms with Crippen molar-refractivity contribution in [1.82, 2.24) is 4.98 Å². The molecule has 1 aliphatic rings. The molecule has 0 bridgehead atoms. The normalized spacial score (nSPS) is 15.4. The Morgan fingerprint density at radius 1 is 1.47 bits per heavy atom. The maximum absolute atomic E-state index is 11.6. The predicted molar refractivity (Wildman–Crippen MR) is 61.9 cm³/mol. The van der Waals surface area contributed by atoms with Crippen molar-refractivity contribution in [1.29, 1.82) is 0 Å². The highest BCUT2D eigenvalue weighted by molar-refractivity contribution is 5.90. The number of ether oxygens (including phenoxy) is 1. The number of methoxy groups -OCH3 is 1. The molecule has 1 aromatic heterocycles. The molecule has 0 aliphatic carbocycles. The summed E-state index contributed by atoms with van der Waals surface area (Å²) in [6.07, 6.45) is 2.60. The first-order valence-electron chi connectivity index (χ1n) is 5.35. The number of nitrogens with zero attached hydrogens (tertiary/aromatic N) is 3. The first kappa shape index (κ1) is 11.5. The zero-order chi connectivity index (χ0) is 12.3. The summed E-state index contributed by atoms with van der Waals surface area (Å²) < 4.78 is 4.93. The lowest BCUT2D eigenvalue weighted by Crippen LogP contribution is -2.15. The number of aromatic nitrogens is 1. The number of amides is 1. The summed E-state index contributed by atoms with van der Waals surface area (Å²) in [6, 6.07) is 3.44. The molecule has 17 heavy (non-hydrogen) atoms. The Morgan fingerprint density at radius 3 is 2.76 bits per heavy atom. The molecule has 0 spiro atoms. The van der Waals surface area contributed by atoms with Crippen LogP contribution in [0.3, 0.4) is 0 Å². The fraction of sp³-hybridized carbons (Fsp3) is 0.455. The number of carbonyl (C=O) groups excluding carboxylic acids is 1. The molecular formula is C11H14N4O2. The Hall–Kier alpha value is -1.98. The summed E-state index contributed by atoms with van der Waals surface area (Å²) in [6.45, 7) is 1.90. The minimum Gasteiger partial charge on any atom is -0.481 e. The van der Waals surface area contributed by atoms with Crippen LogP contribution in [0, 0.1) is 0 Å². The predicted octanol–water partition coefficient (Wildman–Crippen LogP) is 1.99. The maximum atomic E-state index is 11.6. The van der Waals surface area contributed by atoms with Gasteiger partial charge < -0.3 is 10.1 Å². The fourth-order valence-electron chi connectivity index (χ4n) is 1.33. The van der Waals surface area contributed by atoms with Gasteiger partial charge in [-0.15, -0.1) is 0 Å². The van der Waals surface area contributed by atoms with Crippen LogP contribution >= 0.6 is 0 Å². The average Bonchev–Trinajstić information content (AvgIpc) is 3.07. The van der Waals surface area contributed by atoms with Crippen LogP contribution in [0.25, 0.3) is 0 Å². The van der Waals surface area contributed by atoms with Crippen molar-refractivity contribution >= 4 is 11.6 Å². The first-order valence-corrected chi connectivity index (χ1v) is 5.35. The number of nitrogens with one attached hydrogen (secondary N) is 1. The Bertz CT molecular complexity index is 435. The van der Waals surface area contributed by atoms with Crippen LogP contribution in [0.2, 0.25) is 0 Å². The topological polar surface area (TPSA) is 75.9 Å². The van der Waals surface area contributed by atoms with Gasteiger partial charge in [0, 0.05) is 18.9 Å². The summed E-state index contributed by atoms with van der Waals surface area (Å²) in [5.74, 6) is 0.460. The number of hydrogen-bond acceptors (Lipinski definition) is 5. The van der Waals surface area contributed by atoms with E-state index in [1.807, 2.05) is 6.92 Å². The van der Waals surface area contributed by atoms with Gasteiger partial charge in [-0.05, 0) is 13.0 Å². The molecule has 0 aromatic carbocycles. The molecular weight excluding hydrogens is 220 g/mol. The number of anilines is 1. The van der Waals surface area contributed by atoms with Gasteiger partial charge in [0.05, 0.1) is 19.0 Å². The monoisotopic (exact) mass is 234 g/mol. The molecule has 6 nitrogen and oxygen atoms in total. The van der Waals surface area contributed by atoms with E-state index in [0.717, 1.165) is 0 Å². The molecule has 0 saturated carbocycles. The van der Waals surface area contributed by atoms with Gasteiger partial charge >= 0.3 is 0 Å². The molecule has 2 heterocycles. The lowest BCUT2D eigenvalue weighted by Gasteiger charge is -2.06. The smallest absolute Gasteiger partial charge is 0.224 e. The molecule has 1 aromatic rings. The van der Waals surface area contributed by atoms with E-state index in [2.05, 4.69) is 20.5 Å². The number of carbonyl (C=O) groups is 1. The molecule has 0 unspecified atom stereocenters. The second-order valence-electron chi connectivity index (χ2n) is 4.05. The lowest BCUT2D eigenvalue weighted by atomic mass is 10.1. The van der Waals surface area contributed by atoms with Gasteiger partial charge in [0.15, 0.2) is 5.66 Å². The van der Waals surface area contributed by atoms with E-state index in [9.17, 15) is 4.79 Å². The summed E-state index contributed by atoms with van der Waals surface area (Å²) >= 11 is 0. The van der Waals surface area contributed by atoms with Crippen LogP contribution in [-0.2, 0) is 4.79 Å². The van der Waals surface area contributed by atoms with E-state index in [4.69, 9.17) is 4.74 Å². The quantitative estimate of drug-likeness (QED) is 0.846. The molecule has 6 heteroatoms. The standard InChI is InChI=1S/C11H14N4O2/c1-11(14-15-11)6-5-9(16)13-8-3-4-10(17-2)12-7-8/h3-4,7H,5-6H2,1-2H3,(H,13,16). The third kappa shape index (κ3) is 3.24. The van der Waals surface area contributed by atoms with Crippen molar-refractivity contribution in [3.05, 3.63) is 18.3 Å². The number of rotatable bonds is 5. The first-order chi connectivity index (χ1) is 8.11. The minimum absolute atomic E-state index is 0.0597. The van der Waals surface area contributed by atoms with Crippen molar-refractivity contribution < 1.29 is 9.53 Å². The third-order valence-corrected chi connectivity index (χ3v) is 2.50. The molecule has 2 rings (SSSR count). The Balaban J connectivity index is 1.80. The van der Waals surface area contributed by atoms with Gasteiger partial charge in [-0.3, -0.25) is 4.79 Å². The number of hydrogen-bond donors (Lipinski definition) is 1. The molecule has 0 fully saturated rings. The summed E-state index contributed by atoms with van der Waals surface area (Å²) in [4.78, 5) is 15.6. The van der Waals surface area contributed by atoms with Crippen LogP contribution in [0.1, 0.15) is 19.8 Å². The van der Waals surface area contributed by atoms with Crippen molar-refractivity contribution in [2.24, 2.45) is 10.2 Å². The van der Waals surface area contributed by atoms with E-state index >= 15 is 0 Å². The zero-order valence-electron chi connectivity index (χ0n) is 9.80. The second-order valence-corrected chi connectivity index (χ2v) is 4.05. The SMILES string of the molecule is COc1ccc(NC(=O)CCC2(C)N=N2)cn1. The summed E-state index contributed by atoms with van der Waals surface area (Å²) in [7, 11) is 1.55. The van der Waals surface area contributed by atoms with Gasteiger partial charge in [0.25, 0.3) is 0 Å². The van der Waals surface area contributed by atoms with E-state index in [-0.39, 0.29) is 11.6 Å². The Labute approximate surface area is 99.1 Å². The third-order valence-electron chi connectivity index (χ3n) is 2.50. The van der Waals surface area contributed by atoms with Crippen molar-refractivity contribution in [2.75, 3.05) is 12.4 Å². The van der Waals surface area contributed by atoms with Crippen LogP contribution in [0.5, 0.6) is 5.88 Å². The van der Waals surface area contributed by atoms with E-state index in [1.165, 1.54) is 0 Å². The summed E-state index contributed by atoms with van der Waals surface area (Å²) in [5.41, 5.74) is 0.334. The molecule has 0 radical (unpaired) electrons. The van der Waals surface area contributed by atoms with E-state index < -0.39 is 0 Å². The largest absolute Gasteiger partial charge is 0.481 e. The van der Waals surface area contributed by atoms with Crippen LogP contribution < -0.4 is 10.1 Å². The van der Waals surface area contributed by atoms with Gasteiger partial charge in [-0.25, -0.2) is 4.98 Å². The van der Waals surface area contributed by atoms with Gasteiger partial charge in [-0.2, -0.15) is 10.2 Å². The summed E-state index contributed by atoms with van der Waals surface area (Å²) in [5, 5.41) is 10.5. The zero-order valence-corrected chi connectivity index (χ0v) is 9.80. The van der Waals surface area contributed by atoms with Gasteiger partial charge in [-0.1, -0.05) is 0 Å². The molecule has 1 aliphatic heterocycles. The highest BCUT2D eigenvalue weighted by Crippen LogP contribution is 2.31. The maximum Gasteiger partial charge on any atom is 0.224 e. The molecule has 0 atom stereocenters. The van der Waals surface area contributed by atoms with Crippen LogP contribution in [0.15, 0.2) is 28.6 Å². The lowest BCUT2D eigenvalue weighted by molar-refractivity contribution is -0.116. The Kier molecular flexibility index (Phi) is 3.03. The Morgan fingerprint density at radius 2 is 2.24 bits per heavy atom. The van der Waals surface area contributed by atoms with E-state index in [0.29, 0.717) is 24.4 Å². The van der Waals surface area contributed by atoms with Crippen molar-refractivity contribution in [3.63, 3.8) is 0 Å². The molecule has 0 saturated heterocycles. The van der Waals surface area contributed by atoms with Crippen LogP contribution in [-0.4, -0.2) is 23.7 Å².